The van der Waals surface area contributed by atoms with Gasteiger partial charge in [-0.15, -0.1) is 0 Å². The van der Waals surface area contributed by atoms with Crippen LogP contribution in [0.1, 0.15) is 19.3 Å². The number of rotatable bonds is 6. The number of para-hydroxylation sites is 1. The number of piperazine rings is 1. The first kappa shape index (κ1) is 14.8. The topological polar surface area (TPSA) is 49.6 Å². The molecule has 2 rings (SSSR count). The van der Waals surface area contributed by atoms with Crippen LogP contribution in [0.5, 0.6) is 0 Å². The highest BCUT2D eigenvalue weighted by molar-refractivity contribution is 5.73. The largest absolute Gasteiger partial charge is 0.370 e. The number of benzene rings is 1. The molecule has 4 nitrogen and oxygen atoms in total. The first-order valence-electron chi connectivity index (χ1n) is 7.17. The van der Waals surface area contributed by atoms with E-state index in [2.05, 4.69) is 9.80 Å². The molecule has 1 aromatic rings. The quantitative estimate of drug-likeness (QED) is 0.805. The molecule has 1 aliphatic heterocycles. The number of halogens is 1. The molecule has 0 radical (unpaired) electrons. The molecule has 1 aromatic carbocycles. The highest BCUT2D eigenvalue weighted by Gasteiger charge is 2.18. The van der Waals surface area contributed by atoms with Crippen molar-refractivity contribution in [1.29, 1.82) is 0 Å². The van der Waals surface area contributed by atoms with Crippen molar-refractivity contribution >= 4 is 11.6 Å². The monoisotopic (exact) mass is 279 g/mol. The second-order valence-corrected chi connectivity index (χ2v) is 5.20. The number of anilines is 1. The van der Waals surface area contributed by atoms with Crippen LogP contribution in [0.2, 0.25) is 0 Å². The Bertz CT molecular complexity index is 444. The number of carbonyl (C=O) groups excluding carboxylic acids is 1. The number of nitrogens with two attached hydrogens (primary N) is 1. The van der Waals surface area contributed by atoms with Crippen molar-refractivity contribution in [3.05, 3.63) is 30.1 Å². The number of amides is 1. The molecule has 1 saturated heterocycles. The predicted octanol–water partition coefficient (Wildman–Crippen LogP) is 1.60. The van der Waals surface area contributed by atoms with Gasteiger partial charge >= 0.3 is 0 Å². The van der Waals surface area contributed by atoms with Gasteiger partial charge in [-0.3, -0.25) is 9.69 Å². The average Bonchev–Trinajstić information content (AvgIpc) is 2.45. The minimum atomic E-state index is -0.227. The summed E-state index contributed by atoms with van der Waals surface area (Å²) in [7, 11) is 0. The van der Waals surface area contributed by atoms with Crippen molar-refractivity contribution in [2.24, 2.45) is 5.73 Å². The van der Waals surface area contributed by atoms with Gasteiger partial charge in [-0.05, 0) is 31.5 Å². The van der Waals surface area contributed by atoms with Crippen molar-refractivity contribution in [3.8, 4) is 0 Å². The summed E-state index contributed by atoms with van der Waals surface area (Å²) in [4.78, 5) is 15.1. The lowest BCUT2D eigenvalue weighted by atomic mass is 10.2. The lowest BCUT2D eigenvalue weighted by molar-refractivity contribution is -0.118. The number of primary amides is 1. The second-order valence-electron chi connectivity index (χ2n) is 5.20. The molecule has 5 heteroatoms. The summed E-state index contributed by atoms with van der Waals surface area (Å²) in [5.74, 6) is -0.378. The summed E-state index contributed by atoms with van der Waals surface area (Å²) in [6, 6.07) is 6.92. The maximum absolute atomic E-state index is 13.7. The van der Waals surface area contributed by atoms with Gasteiger partial charge in [-0.1, -0.05) is 12.1 Å². The van der Waals surface area contributed by atoms with Crippen LogP contribution in [-0.4, -0.2) is 43.5 Å². The van der Waals surface area contributed by atoms with Crippen molar-refractivity contribution in [2.75, 3.05) is 37.6 Å². The van der Waals surface area contributed by atoms with Crippen LogP contribution >= 0.6 is 0 Å². The van der Waals surface area contributed by atoms with E-state index in [9.17, 15) is 9.18 Å². The number of hydrogen-bond donors (Lipinski definition) is 1. The van der Waals surface area contributed by atoms with E-state index in [0.29, 0.717) is 12.1 Å². The average molecular weight is 279 g/mol. The normalized spacial score (nSPS) is 16.4. The Hall–Kier alpha value is -1.62. The number of carbonyl (C=O) groups is 1. The maximum atomic E-state index is 13.7. The van der Waals surface area contributed by atoms with E-state index in [-0.39, 0.29) is 11.7 Å². The van der Waals surface area contributed by atoms with E-state index in [1.165, 1.54) is 6.07 Å². The number of hydrogen-bond acceptors (Lipinski definition) is 3. The first-order valence-corrected chi connectivity index (χ1v) is 7.17. The Morgan fingerprint density at radius 1 is 1.15 bits per heavy atom. The second kappa shape index (κ2) is 7.24. The SMILES string of the molecule is NC(=O)CCCCN1CCN(c2ccccc2F)CC1. The van der Waals surface area contributed by atoms with Crippen molar-refractivity contribution in [1.82, 2.24) is 4.90 Å². The van der Waals surface area contributed by atoms with Gasteiger partial charge in [-0.25, -0.2) is 4.39 Å². The maximum Gasteiger partial charge on any atom is 0.217 e. The number of nitrogens with zero attached hydrogens (tertiary/aromatic N) is 2. The highest BCUT2D eigenvalue weighted by Crippen LogP contribution is 2.20. The standard InChI is InChI=1S/C15H22FN3O/c16-13-5-1-2-6-14(13)19-11-9-18(10-12-19)8-4-3-7-15(17)20/h1-2,5-6H,3-4,7-12H2,(H2,17,20). The minimum Gasteiger partial charge on any atom is -0.370 e. The highest BCUT2D eigenvalue weighted by atomic mass is 19.1. The molecule has 1 heterocycles. The molecule has 1 aliphatic rings. The molecule has 2 N–H and O–H groups in total. The molecule has 1 amide bonds. The lowest BCUT2D eigenvalue weighted by Gasteiger charge is -2.36. The summed E-state index contributed by atoms with van der Waals surface area (Å²) >= 11 is 0. The van der Waals surface area contributed by atoms with Crippen LogP contribution in [0.3, 0.4) is 0 Å². The van der Waals surface area contributed by atoms with E-state index in [0.717, 1.165) is 45.6 Å². The van der Waals surface area contributed by atoms with Crippen molar-refractivity contribution < 1.29 is 9.18 Å². The molecular formula is C15H22FN3O. The minimum absolute atomic E-state index is 0.151. The molecule has 0 unspecified atom stereocenters. The predicted molar refractivity (Wildman–Crippen MR) is 78.1 cm³/mol. The van der Waals surface area contributed by atoms with Gasteiger partial charge in [0.05, 0.1) is 5.69 Å². The van der Waals surface area contributed by atoms with Crippen LogP contribution in [-0.2, 0) is 4.79 Å². The van der Waals surface area contributed by atoms with Gasteiger partial charge in [0.15, 0.2) is 0 Å². The molecule has 20 heavy (non-hydrogen) atoms. The summed E-state index contributed by atoms with van der Waals surface area (Å²) in [6.45, 7) is 4.54. The molecule has 1 fully saturated rings. The third-order valence-electron chi connectivity index (χ3n) is 3.71. The Balaban J connectivity index is 1.73. The van der Waals surface area contributed by atoms with Gasteiger partial charge in [0.2, 0.25) is 5.91 Å². The summed E-state index contributed by atoms with van der Waals surface area (Å²) in [6.07, 6.45) is 2.31. The first-order chi connectivity index (χ1) is 9.66. The third-order valence-corrected chi connectivity index (χ3v) is 3.71. The molecular weight excluding hydrogens is 257 g/mol. The lowest BCUT2D eigenvalue weighted by Crippen LogP contribution is -2.46. The summed E-state index contributed by atoms with van der Waals surface area (Å²) in [5, 5.41) is 0. The van der Waals surface area contributed by atoms with E-state index < -0.39 is 0 Å². The van der Waals surface area contributed by atoms with E-state index >= 15 is 0 Å². The molecule has 0 aliphatic carbocycles. The van der Waals surface area contributed by atoms with Crippen LogP contribution in [0.15, 0.2) is 24.3 Å². The van der Waals surface area contributed by atoms with E-state index in [4.69, 9.17) is 5.73 Å². The summed E-state index contributed by atoms with van der Waals surface area (Å²) in [5.41, 5.74) is 5.81. The zero-order valence-corrected chi connectivity index (χ0v) is 11.7. The van der Waals surface area contributed by atoms with E-state index in [1.54, 1.807) is 6.07 Å². The van der Waals surface area contributed by atoms with Gasteiger partial charge < -0.3 is 10.6 Å². The molecule has 110 valence electrons. The van der Waals surface area contributed by atoms with Gasteiger partial charge in [0, 0.05) is 32.6 Å². The van der Waals surface area contributed by atoms with Crippen molar-refractivity contribution in [2.45, 2.75) is 19.3 Å². The van der Waals surface area contributed by atoms with Gasteiger partial charge in [0.25, 0.3) is 0 Å². The summed E-state index contributed by atoms with van der Waals surface area (Å²) < 4.78 is 13.7. The van der Waals surface area contributed by atoms with Gasteiger partial charge in [0.1, 0.15) is 5.82 Å². The molecule has 0 atom stereocenters. The molecule has 0 aromatic heterocycles. The smallest absolute Gasteiger partial charge is 0.217 e. The zero-order valence-electron chi connectivity index (χ0n) is 11.7. The fourth-order valence-electron chi connectivity index (χ4n) is 2.56. The third kappa shape index (κ3) is 4.20. The van der Waals surface area contributed by atoms with Crippen LogP contribution in [0.4, 0.5) is 10.1 Å². The fourth-order valence-corrected chi connectivity index (χ4v) is 2.56. The van der Waals surface area contributed by atoms with Crippen LogP contribution in [0.25, 0.3) is 0 Å². The van der Waals surface area contributed by atoms with Crippen molar-refractivity contribution in [3.63, 3.8) is 0 Å². The number of unbranched alkanes of at least 4 members (excludes halogenated alkanes) is 1. The zero-order chi connectivity index (χ0) is 14.4. The van der Waals surface area contributed by atoms with Crippen LogP contribution in [0, 0.1) is 5.82 Å². The Morgan fingerprint density at radius 2 is 1.85 bits per heavy atom. The Kier molecular flexibility index (Phi) is 5.35. The van der Waals surface area contributed by atoms with E-state index in [1.807, 2.05) is 12.1 Å². The van der Waals surface area contributed by atoms with Gasteiger partial charge in [-0.2, -0.15) is 0 Å². The molecule has 0 bridgehead atoms. The van der Waals surface area contributed by atoms with Crippen LogP contribution < -0.4 is 10.6 Å². The molecule has 0 saturated carbocycles. The fraction of sp³-hybridized carbons (Fsp3) is 0.533. The Morgan fingerprint density at radius 3 is 2.50 bits per heavy atom. The molecule has 0 spiro atoms. The Labute approximate surface area is 119 Å².